The Labute approximate surface area is 94.4 Å². The smallest absolute Gasteiger partial charge is 0.0473 e. The predicted octanol–water partition coefficient (Wildman–Crippen LogP) is 3.02. The van der Waals surface area contributed by atoms with Crippen LogP contribution in [0.2, 0.25) is 5.02 Å². The molecular weight excluding hydrogens is 208 g/mol. The van der Waals surface area contributed by atoms with Gasteiger partial charge in [0, 0.05) is 21.6 Å². The van der Waals surface area contributed by atoms with Crippen LogP contribution in [0, 0.1) is 6.92 Å². The van der Waals surface area contributed by atoms with Crippen molar-refractivity contribution in [2.45, 2.75) is 19.8 Å². The highest BCUT2D eigenvalue weighted by Gasteiger charge is 2.06. The summed E-state index contributed by atoms with van der Waals surface area (Å²) in [5.41, 5.74) is 9.22. The Balaban J connectivity index is 2.44. The van der Waals surface area contributed by atoms with Crippen LogP contribution in [0.25, 0.3) is 10.9 Å². The van der Waals surface area contributed by atoms with Crippen LogP contribution in [0.4, 0.5) is 0 Å². The molecule has 0 radical (unpaired) electrons. The molecule has 3 heteroatoms. The normalized spacial score (nSPS) is 11.1. The van der Waals surface area contributed by atoms with Crippen LogP contribution in [0.5, 0.6) is 0 Å². The molecule has 0 atom stereocenters. The minimum absolute atomic E-state index is 0.732. The molecule has 2 aromatic rings. The number of H-pyrrole nitrogens is 1. The molecule has 1 aromatic heterocycles. The molecular formula is C12H15ClN2. The quantitative estimate of drug-likeness (QED) is 0.824. The van der Waals surface area contributed by atoms with Crippen LogP contribution in [-0.2, 0) is 6.42 Å². The van der Waals surface area contributed by atoms with Gasteiger partial charge in [-0.2, -0.15) is 0 Å². The second-order valence-electron chi connectivity index (χ2n) is 3.81. The fourth-order valence-corrected chi connectivity index (χ4v) is 2.07. The van der Waals surface area contributed by atoms with Crippen LogP contribution in [0.1, 0.15) is 17.7 Å². The summed E-state index contributed by atoms with van der Waals surface area (Å²) >= 11 is 5.94. The van der Waals surface area contributed by atoms with Gasteiger partial charge in [0.2, 0.25) is 0 Å². The van der Waals surface area contributed by atoms with Crippen LogP contribution in [0.3, 0.4) is 0 Å². The Kier molecular flexibility index (Phi) is 2.98. The molecule has 15 heavy (non-hydrogen) atoms. The predicted molar refractivity (Wildman–Crippen MR) is 65.4 cm³/mol. The first-order valence-electron chi connectivity index (χ1n) is 5.19. The van der Waals surface area contributed by atoms with Gasteiger partial charge in [0.1, 0.15) is 0 Å². The monoisotopic (exact) mass is 222 g/mol. The molecule has 1 aromatic carbocycles. The second-order valence-corrected chi connectivity index (χ2v) is 4.25. The molecule has 0 saturated carbocycles. The topological polar surface area (TPSA) is 41.8 Å². The SMILES string of the molecule is Cc1c(CCCN)[nH]c2cc(Cl)ccc12. The molecule has 80 valence electrons. The Morgan fingerprint density at radius 3 is 2.93 bits per heavy atom. The molecule has 0 unspecified atom stereocenters. The number of nitrogens with one attached hydrogen (secondary N) is 1. The van der Waals surface area contributed by atoms with Crippen molar-refractivity contribution in [1.29, 1.82) is 0 Å². The van der Waals surface area contributed by atoms with E-state index >= 15 is 0 Å². The summed E-state index contributed by atoms with van der Waals surface area (Å²) in [6.07, 6.45) is 2.02. The van der Waals surface area contributed by atoms with Gasteiger partial charge in [0.15, 0.2) is 0 Å². The van der Waals surface area contributed by atoms with E-state index in [4.69, 9.17) is 17.3 Å². The molecule has 3 N–H and O–H groups in total. The lowest BCUT2D eigenvalue weighted by atomic mass is 10.1. The van der Waals surface area contributed by atoms with Crippen molar-refractivity contribution >= 4 is 22.5 Å². The molecule has 0 aliphatic heterocycles. The van der Waals surface area contributed by atoms with E-state index in [1.165, 1.54) is 16.6 Å². The van der Waals surface area contributed by atoms with Gasteiger partial charge in [-0.05, 0) is 44.0 Å². The number of halogens is 1. The summed E-state index contributed by atoms with van der Waals surface area (Å²) < 4.78 is 0. The standard InChI is InChI=1S/C12H15ClN2/c1-8-10-5-4-9(13)7-12(10)15-11(8)3-2-6-14/h4-5,7,15H,2-3,6,14H2,1H3. The third kappa shape index (κ3) is 2.01. The van der Waals surface area contributed by atoms with Crippen molar-refractivity contribution < 1.29 is 0 Å². The van der Waals surface area contributed by atoms with Gasteiger partial charge in [0.05, 0.1) is 0 Å². The van der Waals surface area contributed by atoms with E-state index in [2.05, 4.69) is 18.0 Å². The van der Waals surface area contributed by atoms with E-state index in [1.54, 1.807) is 0 Å². The van der Waals surface area contributed by atoms with E-state index in [0.29, 0.717) is 0 Å². The van der Waals surface area contributed by atoms with E-state index in [-0.39, 0.29) is 0 Å². The van der Waals surface area contributed by atoms with E-state index in [0.717, 1.165) is 29.9 Å². The molecule has 0 aliphatic carbocycles. The lowest BCUT2D eigenvalue weighted by molar-refractivity contribution is 0.813. The van der Waals surface area contributed by atoms with E-state index < -0.39 is 0 Å². The Hall–Kier alpha value is -0.990. The summed E-state index contributed by atoms with van der Waals surface area (Å²) in [7, 11) is 0. The highest BCUT2D eigenvalue weighted by molar-refractivity contribution is 6.31. The third-order valence-electron chi connectivity index (χ3n) is 2.75. The van der Waals surface area contributed by atoms with Crippen molar-refractivity contribution in [1.82, 2.24) is 4.98 Å². The maximum absolute atomic E-state index is 5.94. The number of fused-ring (bicyclic) bond motifs is 1. The van der Waals surface area contributed by atoms with Gasteiger partial charge in [-0.1, -0.05) is 17.7 Å². The van der Waals surface area contributed by atoms with E-state index in [1.807, 2.05) is 12.1 Å². The fourth-order valence-electron chi connectivity index (χ4n) is 1.89. The van der Waals surface area contributed by atoms with Crippen LogP contribution < -0.4 is 5.73 Å². The largest absolute Gasteiger partial charge is 0.358 e. The molecule has 0 bridgehead atoms. The molecule has 2 rings (SSSR count). The van der Waals surface area contributed by atoms with E-state index in [9.17, 15) is 0 Å². The molecule has 2 nitrogen and oxygen atoms in total. The average Bonchev–Trinajstić information content (AvgIpc) is 2.52. The number of benzene rings is 1. The van der Waals surface area contributed by atoms with Crippen molar-refractivity contribution in [3.05, 3.63) is 34.5 Å². The molecule has 0 fully saturated rings. The number of aromatic amines is 1. The van der Waals surface area contributed by atoms with Gasteiger partial charge in [-0.25, -0.2) is 0 Å². The van der Waals surface area contributed by atoms with Gasteiger partial charge in [-0.3, -0.25) is 0 Å². The fraction of sp³-hybridized carbons (Fsp3) is 0.333. The summed E-state index contributed by atoms with van der Waals surface area (Å²) in [4.78, 5) is 3.40. The van der Waals surface area contributed by atoms with Gasteiger partial charge < -0.3 is 10.7 Å². The minimum atomic E-state index is 0.732. The van der Waals surface area contributed by atoms with Gasteiger partial charge in [-0.15, -0.1) is 0 Å². The zero-order chi connectivity index (χ0) is 10.8. The summed E-state index contributed by atoms with van der Waals surface area (Å²) in [5, 5.41) is 2.03. The van der Waals surface area contributed by atoms with Crippen LogP contribution in [0.15, 0.2) is 18.2 Å². The first-order chi connectivity index (χ1) is 7.22. The highest BCUT2D eigenvalue weighted by Crippen LogP contribution is 2.25. The lowest BCUT2D eigenvalue weighted by Gasteiger charge is -1.97. The molecule has 1 heterocycles. The third-order valence-corrected chi connectivity index (χ3v) is 2.99. The first kappa shape index (κ1) is 10.5. The zero-order valence-corrected chi connectivity index (χ0v) is 9.56. The zero-order valence-electron chi connectivity index (χ0n) is 8.81. The molecule has 0 amide bonds. The summed E-state index contributed by atoms with van der Waals surface area (Å²) in [5.74, 6) is 0. The number of hydrogen-bond acceptors (Lipinski definition) is 1. The lowest BCUT2D eigenvalue weighted by Crippen LogP contribution is -2.01. The van der Waals surface area contributed by atoms with Crippen LogP contribution >= 0.6 is 11.6 Å². The number of aromatic nitrogens is 1. The van der Waals surface area contributed by atoms with Crippen molar-refractivity contribution in [3.8, 4) is 0 Å². The maximum atomic E-state index is 5.94. The van der Waals surface area contributed by atoms with Crippen LogP contribution in [-0.4, -0.2) is 11.5 Å². The number of nitrogens with two attached hydrogens (primary N) is 1. The van der Waals surface area contributed by atoms with Crippen molar-refractivity contribution in [2.24, 2.45) is 5.73 Å². The first-order valence-corrected chi connectivity index (χ1v) is 5.57. The maximum Gasteiger partial charge on any atom is 0.0473 e. The Morgan fingerprint density at radius 2 is 2.20 bits per heavy atom. The van der Waals surface area contributed by atoms with Crippen molar-refractivity contribution in [3.63, 3.8) is 0 Å². The number of rotatable bonds is 3. The number of hydrogen-bond donors (Lipinski definition) is 2. The van der Waals surface area contributed by atoms with Gasteiger partial charge in [0.25, 0.3) is 0 Å². The summed E-state index contributed by atoms with van der Waals surface area (Å²) in [6, 6.07) is 5.96. The minimum Gasteiger partial charge on any atom is -0.358 e. The highest BCUT2D eigenvalue weighted by atomic mass is 35.5. The Bertz CT molecular complexity index is 474. The number of aryl methyl sites for hydroxylation is 2. The average molecular weight is 223 g/mol. The van der Waals surface area contributed by atoms with Crippen molar-refractivity contribution in [2.75, 3.05) is 6.54 Å². The molecule has 0 aliphatic rings. The molecule has 0 saturated heterocycles. The van der Waals surface area contributed by atoms with Gasteiger partial charge >= 0.3 is 0 Å². The molecule has 0 spiro atoms. The Morgan fingerprint density at radius 1 is 1.40 bits per heavy atom. The summed E-state index contributed by atoms with van der Waals surface area (Å²) in [6.45, 7) is 2.87. The second kappa shape index (κ2) is 4.25.